The molecule has 0 fully saturated rings. The molecule has 1 aromatic carbocycles. The summed E-state index contributed by atoms with van der Waals surface area (Å²) in [5, 5.41) is 16.5. The van der Waals surface area contributed by atoms with Gasteiger partial charge in [-0.05, 0) is 12.0 Å². The SMILES string of the molecule is COCc1[nH]nc2c1[C@H](Cc1ccccc1)C(C#N)=C(N)O2. The van der Waals surface area contributed by atoms with Gasteiger partial charge in [0.15, 0.2) is 0 Å². The van der Waals surface area contributed by atoms with E-state index in [4.69, 9.17) is 15.2 Å². The number of H-pyrrole nitrogens is 1. The number of aromatic nitrogens is 2. The van der Waals surface area contributed by atoms with Crippen molar-refractivity contribution in [2.75, 3.05) is 7.11 Å². The van der Waals surface area contributed by atoms with Crippen LogP contribution in [0.2, 0.25) is 0 Å². The molecule has 0 saturated heterocycles. The number of hydrogen-bond acceptors (Lipinski definition) is 5. The lowest BCUT2D eigenvalue weighted by molar-refractivity contribution is 0.180. The molecular formula is C16H16N4O2. The molecule has 22 heavy (non-hydrogen) atoms. The van der Waals surface area contributed by atoms with Crippen LogP contribution in [0, 0.1) is 11.3 Å². The third-order valence-electron chi connectivity index (χ3n) is 3.71. The molecule has 3 N–H and O–H groups in total. The first-order chi connectivity index (χ1) is 10.7. The van der Waals surface area contributed by atoms with E-state index >= 15 is 0 Å². The van der Waals surface area contributed by atoms with Gasteiger partial charge in [0, 0.05) is 18.6 Å². The molecule has 0 radical (unpaired) electrons. The van der Waals surface area contributed by atoms with Crippen LogP contribution >= 0.6 is 0 Å². The number of rotatable bonds is 4. The van der Waals surface area contributed by atoms with Crippen LogP contribution in [0.3, 0.4) is 0 Å². The van der Waals surface area contributed by atoms with Gasteiger partial charge in [0.05, 0.1) is 17.9 Å². The van der Waals surface area contributed by atoms with E-state index in [1.54, 1.807) is 7.11 Å². The fourth-order valence-corrected chi connectivity index (χ4v) is 2.72. The maximum absolute atomic E-state index is 9.46. The lowest BCUT2D eigenvalue weighted by Crippen LogP contribution is -2.22. The minimum Gasteiger partial charge on any atom is -0.420 e. The van der Waals surface area contributed by atoms with E-state index in [-0.39, 0.29) is 11.8 Å². The number of nitrogens with one attached hydrogen (secondary N) is 1. The highest BCUT2D eigenvalue weighted by Crippen LogP contribution is 2.40. The van der Waals surface area contributed by atoms with Crippen LogP contribution in [0.25, 0.3) is 0 Å². The molecule has 2 heterocycles. The number of allylic oxidation sites excluding steroid dienone is 1. The third kappa shape index (κ3) is 2.43. The quantitative estimate of drug-likeness (QED) is 0.899. The van der Waals surface area contributed by atoms with Gasteiger partial charge in [0.25, 0.3) is 0 Å². The van der Waals surface area contributed by atoms with Crippen molar-refractivity contribution in [3.8, 4) is 11.9 Å². The lowest BCUT2D eigenvalue weighted by atomic mass is 9.85. The largest absolute Gasteiger partial charge is 0.420 e. The Bertz CT molecular complexity index is 743. The minimum atomic E-state index is -0.194. The molecule has 1 atom stereocenters. The number of aromatic amines is 1. The number of benzene rings is 1. The van der Waals surface area contributed by atoms with Crippen molar-refractivity contribution in [1.82, 2.24) is 10.2 Å². The molecule has 1 aliphatic rings. The van der Waals surface area contributed by atoms with Crippen LogP contribution in [-0.4, -0.2) is 17.3 Å². The molecule has 0 bridgehead atoms. The first-order valence-electron chi connectivity index (χ1n) is 6.92. The zero-order chi connectivity index (χ0) is 15.5. The van der Waals surface area contributed by atoms with Crippen LogP contribution in [-0.2, 0) is 17.8 Å². The van der Waals surface area contributed by atoms with E-state index in [9.17, 15) is 5.26 Å². The number of fused-ring (bicyclic) bond motifs is 1. The van der Waals surface area contributed by atoms with E-state index in [2.05, 4.69) is 16.3 Å². The summed E-state index contributed by atoms with van der Waals surface area (Å²) in [4.78, 5) is 0. The van der Waals surface area contributed by atoms with Crippen LogP contribution in [0.1, 0.15) is 22.7 Å². The molecule has 1 aromatic heterocycles. The van der Waals surface area contributed by atoms with Gasteiger partial charge in [0.2, 0.25) is 11.8 Å². The summed E-state index contributed by atoms with van der Waals surface area (Å²) in [6, 6.07) is 12.1. The fourth-order valence-electron chi connectivity index (χ4n) is 2.72. The Labute approximate surface area is 128 Å². The Kier molecular flexibility index (Phi) is 3.81. The van der Waals surface area contributed by atoms with E-state index in [0.717, 1.165) is 16.8 Å². The van der Waals surface area contributed by atoms with Gasteiger partial charge in [-0.25, -0.2) is 0 Å². The summed E-state index contributed by atoms with van der Waals surface area (Å²) in [7, 11) is 1.61. The highest BCUT2D eigenvalue weighted by atomic mass is 16.5. The normalized spacial score (nSPS) is 16.8. The van der Waals surface area contributed by atoms with Crippen molar-refractivity contribution >= 4 is 0 Å². The molecule has 0 amide bonds. The van der Waals surface area contributed by atoms with Gasteiger partial charge in [-0.1, -0.05) is 30.3 Å². The summed E-state index contributed by atoms with van der Waals surface area (Å²) in [5.74, 6) is 0.343. The number of nitrogens with zero attached hydrogens (tertiary/aromatic N) is 2. The average molecular weight is 296 g/mol. The molecule has 6 heteroatoms. The van der Waals surface area contributed by atoms with Gasteiger partial charge in [-0.2, -0.15) is 5.26 Å². The fraction of sp³-hybridized carbons (Fsp3) is 0.250. The number of hydrogen-bond donors (Lipinski definition) is 2. The number of ether oxygens (including phenoxy) is 2. The minimum absolute atomic E-state index is 0.117. The lowest BCUT2D eigenvalue weighted by Gasteiger charge is -2.23. The van der Waals surface area contributed by atoms with Crippen molar-refractivity contribution in [2.24, 2.45) is 5.73 Å². The predicted octanol–water partition coefficient (Wildman–Crippen LogP) is 1.97. The molecule has 1 aliphatic heterocycles. The standard InChI is InChI=1S/C16H16N4O2/c1-21-9-13-14-11(7-10-5-3-2-4-6-10)12(8-17)15(18)22-16(14)20-19-13/h2-6,11H,7,9,18H2,1H3,(H,19,20)/t11-/m1/s1. The zero-order valence-corrected chi connectivity index (χ0v) is 12.2. The van der Waals surface area contributed by atoms with Crippen LogP contribution in [0.15, 0.2) is 41.8 Å². The summed E-state index contributed by atoms with van der Waals surface area (Å²) >= 11 is 0. The Morgan fingerprint density at radius 3 is 2.86 bits per heavy atom. The zero-order valence-electron chi connectivity index (χ0n) is 12.2. The van der Waals surface area contributed by atoms with Crippen LogP contribution in [0.5, 0.6) is 5.88 Å². The molecule has 0 aliphatic carbocycles. The van der Waals surface area contributed by atoms with E-state index < -0.39 is 0 Å². The molecule has 0 unspecified atom stereocenters. The van der Waals surface area contributed by atoms with Gasteiger partial charge in [0.1, 0.15) is 6.07 Å². The Morgan fingerprint density at radius 2 is 2.18 bits per heavy atom. The second-order valence-corrected chi connectivity index (χ2v) is 5.09. The summed E-state index contributed by atoms with van der Waals surface area (Å²) in [6.07, 6.45) is 0.650. The Balaban J connectivity index is 2.05. The topological polar surface area (TPSA) is 97.0 Å². The van der Waals surface area contributed by atoms with E-state index in [1.807, 2.05) is 30.3 Å². The van der Waals surface area contributed by atoms with Gasteiger partial charge < -0.3 is 15.2 Å². The molecular weight excluding hydrogens is 280 g/mol. The van der Waals surface area contributed by atoms with Crippen molar-refractivity contribution in [2.45, 2.75) is 18.9 Å². The second-order valence-electron chi connectivity index (χ2n) is 5.09. The predicted molar refractivity (Wildman–Crippen MR) is 79.6 cm³/mol. The number of methoxy groups -OCH3 is 1. The molecule has 0 saturated carbocycles. The first kappa shape index (κ1) is 14.2. The molecule has 3 rings (SSSR count). The molecule has 112 valence electrons. The molecule has 6 nitrogen and oxygen atoms in total. The molecule has 2 aromatic rings. The second kappa shape index (κ2) is 5.92. The maximum atomic E-state index is 9.46. The summed E-state index contributed by atoms with van der Waals surface area (Å²) < 4.78 is 10.7. The third-order valence-corrected chi connectivity index (χ3v) is 3.71. The highest BCUT2D eigenvalue weighted by Gasteiger charge is 2.33. The van der Waals surface area contributed by atoms with Gasteiger partial charge in [-0.3, -0.25) is 5.10 Å². The monoisotopic (exact) mass is 296 g/mol. The van der Waals surface area contributed by atoms with Crippen LogP contribution in [0.4, 0.5) is 0 Å². The van der Waals surface area contributed by atoms with Gasteiger partial charge >= 0.3 is 0 Å². The average Bonchev–Trinajstić information content (AvgIpc) is 2.91. The summed E-state index contributed by atoms with van der Waals surface area (Å²) in [6.45, 7) is 0.371. The van der Waals surface area contributed by atoms with E-state index in [1.165, 1.54) is 0 Å². The number of nitriles is 1. The maximum Gasteiger partial charge on any atom is 0.244 e. The van der Waals surface area contributed by atoms with Crippen molar-refractivity contribution < 1.29 is 9.47 Å². The Morgan fingerprint density at radius 1 is 1.41 bits per heavy atom. The molecule has 0 spiro atoms. The summed E-state index contributed by atoms with van der Waals surface area (Å²) in [5.41, 5.74) is 9.07. The first-order valence-corrected chi connectivity index (χ1v) is 6.92. The number of nitrogens with two attached hydrogens (primary N) is 1. The van der Waals surface area contributed by atoms with Crippen LogP contribution < -0.4 is 10.5 Å². The Hall–Kier alpha value is -2.78. The van der Waals surface area contributed by atoms with Crippen molar-refractivity contribution in [3.05, 3.63) is 58.6 Å². The van der Waals surface area contributed by atoms with Gasteiger partial charge in [-0.15, -0.1) is 5.10 Å². The van der Waals surface area contributed by atoms with Crippen molar-refractivity contribution in [3.63, 3.8) is 0 Å². The smallest absolute Gasteiger partial charge is 0.244 e. The van der Waals surface area contributed by atoms with Crippen molar-refractivity contribution in [1.29, 1.82) is 5.26 Å². The van der Waals surface area contributed by atoms with E-state index in [0.29, 0.717) is 24.5 Å². The highest BCUT2D eigenvalue weighted by molar-refractivity contribution is 5.49.